The summed E-state index contributed by atoms with van der Waals surface area (Å²) in [5, 5.41) is 0. The number of rotatable bonds is 1. The van der Waals surface area contributed by atoms with Gasteiger partial charge in [0.05, 0.1) is 12.6 Å². The molecule has 2 N–H and O–H groups in total. The predicted molar refractivity (Wildman–Crippen MR) is 54.2 cm³/mol. The number of hydrogen-bond acceptors (Lipinski definition) is 3. The summed E-state index contributed by atoms with van der Waals surface area (Å²) in [6.45, 7) is 1.41. The van der Waals surface area contributed by atoms with Gasteiger partial charge in [-0.1, -0.05) is 0 Å². The zero-order valence-electron chi connectivity index (χ0n) is 7.98. The molecule has 1 unspecified atom stereocenters. The van der Waals surface area contributed by atoms with Crippen molar-refractivity contribution in [2.45, 2.75) is 18.9 Å². The summed E-state index contributed by atoms with van der Waals surface area (Å²) >= 11 is 0. The molecule has 76 valence electrons. The van der Waals surface area contributed by atoms with Crippen molar-refractivity contribution in [3.63, 3.8) is 0 Å². The van der Waals surface area contributed by atoms with E-state index < -0.39 is 0 Å². The second-order valence-electron chi connectivity index (χ2n) is 3.58. The molecule has 0 spiro atoms. The first-order valence-corrected chi connectivity index (χ1v) is 4.83. The molecule has 2 rings (SSSR count). The highest BCUT2D eigenvalue weighted by Crippen LogP contribution is 2.17. The van der Waals surface area contributed by atoms with Gasteiger partial charge in [-0.25, -0.2) is 0 Å². The standard InChI is InChI=1S/C10H14N2O2/c11-8-3-4-10(13)12(6-8)9-2-1-5-14-7-9/h3-4,6,9H,1-2,5,7,11H2. The van der Waals surface area contributed by atoms with Crippen molar-refractivity contribution in [1.82, 2.24) is 4.57 Å². The predicted octanol–water partition coefficient (Wildman–Crippen LogP) is 0.782. The van der Waals surface area contributed by atoms with Crippen LogP contribution < -0.4 is 11.3 Å². The number of nitrogens with zero attached hydrogens (tertiary/aromatic N) is 1. The van der Waals surface area contributed by atoms with Gasteiger partial charge in [0, 0.05) is 24.6 Å². The van der Waals surface area contributed by atoms with Gasteiger partial charge in [0.1, 0.15) is 0 Å². The molecule has 0 amide bonds. The van der Waals surface area contributed by atoms with Gasteiger partial charge >= 0.3 is 0 Å². The van der Waals surface area contributed by atoms with Gasteiger partial charge in [0.15, 0.2) is 0 Å². The lowest BCUT2D eigenvalue weighted by atomic mass is 10.1. The Hall–Kier alpha value is -1.29. The molecule has 0 aromatic carbocycles. The largest absolute Gasteiger partial charge is 0.398 e. The molecule has 0 radical (unpaired) electrons. The molecule has 1 saturated heterocycles. The van der Waals surface area contributed by atoms with Crippen molar-refractivity contribution in [2.75, 3.05) is 18.9 Å². The van der Waals surface area contributed by atoms with Gasteiger partial charge in [-0.3, -0.25) is 4.79 Å². The summed E-state index contributed by atoms with van der Waals surface area (Å²) in [6.07, 6.45) is 3.69. The van der Waals surface area contributed by atoms with Gasteiger partial charge in [-0.05, 0) is 18.9 Å². The molecule has 0 saturated carbocycles. The van der Waals surface area contributed by atoms with Crippen molar-refractivity contribution in [2.24, 2.45) is 0 Å². The SMILES string of the molecule is Nc1ccc(=O)n(C2CCCOC2)c1. The molecule has 1 aliphatic heterocycles. The maximum Gasteiger partial charge on any atom is 0.250 e. The second-order valence-corrected chi connectivity index (χ2v) is 3.58. The first kappa shape index (κ1) is 9.27. The summed E-state index contributed by atoms with van der Waals surface area (Å²) in [7, 11) is 0. The van der Waals surface area contributed by atoms with Crippen LogP contribution in [0.25, 0.3) is 0 Å². The Labute approximate surface area is 82.3 Å². The molecule has 14 heavy (non-hydrogen) atoms. The van der Waals surface area contributed by atoms with Gasteiger partial charge in [-0.2, -0.15) is 0 Å². The highest BCUT2D eigenvalue weighted by Gasteiger charge is 2.16. The number of nitrogens with two attached hydrogens (primary N) is 1. The van der Waals surface area contributed by atoms with Gasteiger partial charge in [0.2, 0.25) is 0 Å². The molecular formula is C10H14N2O2. The number of hydrogen-bond donors (Lipinski definition) is 1. The van der Waals surface area contributed by atoms with E-state index in [0.717, 1.165) is 19.4 Å². The summed E-state index contributed by atoms with van der Waals surface area (Å²) < 4.78 is 7.01. The van der Waals surface area contributed by atoms with E-state index in [2.05, 4.69) is 0 Å². The molecule has 1 aliphatic rings. The van der Waals surface area contributed by atoms with Crippen LogP contribution in [0.1, 0.15) is 18.9 Å². The highest BCUT2D eigenvalue weighted by molar-refractivity contribution is 5.33. The summed E-state index contributed by atoms with van der Waals surface area (Å²) in [5.74, 6) is 0. The number of aromatic nitrogens is 1. The van der Waals surface area contributed by atoms with E-state index in [1.165, 1.54) is 6.07 Å². The Morgan fingerprint density at radius 2 is 2.36 bits per heavy atom. The van der Waals surface area contributed by atoms with E-state index in [1.54, 1.807) is 16.8 Å². The molecule has 1 aromatic heterocycles. The molecule has 1 aromatic rings. The van der Waals surface area contributed by atoms with Crippen LogP contribution >= 0.6 is 0 Å². The molecule has 2 heterocycles. The first-order valence-electron chi connectivity index (χ1n) is 4.83. The smallest absolute Gasteiger partial charge is 0.250 e. The van der Waals surface area contributed by atoms with Crippen LogP contribution in [0.4, 0.5) is 5.69 Å². The van der Waals surface area contributed by atoms with E-state index in [9.17, 15) is 4.79 Å². The van der Waals surface area contributed by atoms with Crippen LogP contribution in [0.2, 0.25) is 0 Å². The third-order valence-corrected chi connectivity index (χ3v) is 2.49. The molecular weight excluding hydrogens is 180 g/mol. The molecule has 1 atom stereocenters. The van der Waals surface area contributed by atoms with Crippen LogP contribution in [0.5, 0.6) is 0 Å². The van der Waals surface area contributed by atoms with E-state index in [-0.39, 0.29) is 11.6 Å². The van der Waals surface area contributed by atoms with Crippen molar-refractivity contribution >= 4 is 5.69 Å². The second kappa shape index (κ2) is 3.84. The average molecular weight is 194 g/mol. The fourth-order valence-corrected chi connectivity index (χ4v) is 1.75. The van der Waals surface area contributed by atoms with E-state index in [0.29, 0.717) is 12.3 Å². The van der Waals surface area contributed by atoms with Gasteiger partial charge in [0.25, 0.3) is 5.56 Å². The highest BCUT2D eigenvalue weighted by atomic mass is 16.5. The lowest BCUT2D eigenvalue weighted by molar-refractivity contribution is 0.0580. The molecule has 1 fully saturated rings. The van der Waals surface area contributed by atoms with Crippen LogP contribution in [0, 0.1) is 0 Å². The summed E-state index contributed by atoms with van der Waals surface area (Å²) in [5.41, 5.74) is 6.25. The number of ether oxygens (including phenoxy) is 1. The van der Waals surface area contributed by atoms with Crippen LogP contribution in [-0.2, 0) is 4.74 Å². The third kappa shape index (κ3) is 1.80. The molecule has 4 heteroatoms. The van der Waals surface area contributed by atoms with Crippen molar-refractivity contribution in [1.29, 1.82) is 0 Å². The number of anilines is 1. The van der Waals surface area contributed by atoms with Crippen LogP contribution in [0.15, 0.2) is 23.1 Å². The van der Waals surface area contributed by atoms with Crippen molar-refractivity contribution in [3.8, 4) is 0 Å². The van der Waals surface area contributed by atoms with Gasteiger partial charge in [-0.15, -0.1) is 0 Å². The van der Waals surface area contributed by atoms with Crippen LogP contribution in [0.3, 0.4) is 0 Å². The minimum atomic E-state index is -0.00491. The fraction of sp³-hybridized carbons (Fsp3) is 0.500. The zero-order chi connectivity index (χ0) is 9.97. The van der Waals surface area contributed by atoms with E-state index >= 15 is 0 Å². The fourth-order valence-electron chi connectivity index (χ4n) is 1.75. The third-order valence-electron chi connectivity index (χ3n) is 2.49. The molecule has 0 bridgehead atoms. The lowest BCUT2D eigenvalue weighted by Crippen LogP contribution is -2.29. The monoisotopic (exact) mass is 194 g/mol. The Morgan fingerprint density at radius 3 is 3.07 bits per heavy atom. The van der Waals surface area contributed by atoms with Crippen LogP contribution in [-0.4, -0.2) is 17.8 Å². The molecule has 4 nitrogen and oxygen atoms in total. The Morgan fingerprint density at radius 1 is 1.50 bits per heavy atom. The Balaban J connectivity index is 2.29. The maximum absolute atomic E-state index is 11.5. The maximum atomic E-state index is 11.5. The summed E-state index contributed by atoms with van der Waals surface area (Å²) in [4.78, 5) is 11.5. The van der Waals surface area contributed by atoms with Crippen molar-refractivity contribution < 1.29 is 4.74 Å². The zero-order valence-corrected chi connectivity index (χ0v) is 7.98. The topological polar surface area (TPSA) is 57.2 Å². The normalized spacial score (nSPS) is 22.1. The van der Waals surface area contributed by atoms with Gasteiger partial charge < -0.3 is 15.0 Å². The number of pyridine rings is 1. The quantitative estimate of drug-likeness (QED) is 0.718. The van der Waals surface area contributed by atoms with Crippen molar-refractivity contribution in [3.05, 3.63) is 28.7 Å². The van der Waals surface area contributed by atoms with E-state index in [4.69, 9.17) is 10.5 Å². The Bertz CT molecular complexity index is 367. The lowest BCUT2D eigenvalue weighted by Gasteiger charge is -2.24. The average Bonchev–Trinajstić information content (AvgIpc) is 2.23. The number of nitrogen functional groups attached to an aromatic ring is 1. The minimum absolute atomic E-state index is 0.00491. The first-order chi connectivity index (χ1) is 6.77. The minimum Gasteiger partial charge on any atom is -0.398 e. The molecule has 0 aliphatic carbocycles. The summed E-state index contributed by atoms with van der Waals surface area (Å²) in [6, 6.07) is 3.28. The Kier molecular flexibility index (Phi) is 2.54. The van der Waals surface area contributed by atoms with E-state index in [1.807, 2.05) is 0 Å².